The summed E-state index contributed by atoms with van der Waals surface area (Å²) >= 11 is 0. The van der Waals surface area contributed by atoms with Crippen molar-refractivity contribution in [3.05, 3.63) is 59.7 Å². The summed E-state index contributed by atoms with van der Waals surface area (Å²) in [6.45, 7) is 5.76. The van der Waals surface area contributed by atoms with E-state index in [1.165, 1.54) is 0 Å². The fourth-order valence-corrected chi connectivity index (χ4v) is 5.94. The Kier molecular flexibility index (Phi) is 6.62. The zero-order valence-corrected chi connectivity index (χ0v) is 19.0. The zero-order chi connectivity index (χ0) is 21.8. The van der Waals surface area contributed by atoms with E-state index in [1.807, 2.05) is 30.0 Å². The molecular weight excluding hydrogens is 410 g/mol. The third-order valence-corrected chi connectivity index (χ3v) is 8.23. The highest BCUT2D eigenvalue weighted by Crippen LogP contribution is 2.24. The first-order chi connectivity index (χ1) is 15.0. The number of rotatable bonds is 4. The lowest BCUT2D eigenvalue weighted by atomic mass is 10.1. The van der Waals surface area contributed by atoms with Crippen molar-refractivity contribution in [2.24, 2.45) is 0 Å². The van der Waals surface area contributed by atoms with Crippen LogP contribution in [0.3, 0.4) is 0 Å². The number of hydrogen-bond donors (Lipinski definition) is 0. The number of anilines is 1. The number of carbonyl (C=O) groups excluding carboxylic acids is 1. The fourth-order valence-electron chi connectivity index (χ4n) is 4.40. The summed E-state index contributed by atoms with van der Waals surface area (Å²) in [5.41, 5.74) is 2.46. The van der Waals surface area contributed by atoms with Gasteiger partial charge in [0.25, 0.3) is 5.91 Å². The topological polar surface area (TPSA) is 60.9 Å². The van der Waals surface area contributed by atoms with Gasteiger partial charge in [0.1, 0.15) is 0 Å². The molecule has 0 saturated carbocycles. The number of amides is 1. The summed E-state index contributed by atoms with van der Waals surface area (Å²) in [6, 6.07) is 15.2. The molecule has 0 spiro atoms. The molecule has 2 aliphatic rings. The van der Waals surface area contributed by atoms with E-state index < -0.39 is 10.0 Å². The molecule has 166 valence electrons. The SMILES string of the molecule is Cc1ccc(S(=O)(=O)N2CCCCCC2)cc1C(=O)N1CCN(c2ccccc2)CC1. The number of carbonyl (C=O) groups is 1. The number of piperazine rings is 1. The third-order valence-electron chi connectivity index (χ3n) is 6.33. The molecule has 0 aromatic heterocycles. The van der Waals surface area contributed by atoms with Crippen molar-refractivity contribution in [3.63, 3.8) is 0 Å². The summed E-state index contributed by atoms with van der Waals surface area (Å²) in [5, 5.41) is 0. The summed E-state index contributed by atoms with van der Waals surface area (Å²) in [6.07, 6.45) is 3.92. The van der Waals surface area contributed by atoms with Crippen LogP contribution in [0.2, 0.25) is 0 Å². The number of aryl methyl sites for hydroxylation is 1. The maximum Gasteiger partial charge on any atom is 0.254 e. The van der Waals surface area contributed by atoms with Crippen LogP contribution in [0, 0.1) is 6.92 Å². The van der Waals surface area contributed by atoms with Gasteiger partial charge in [0, 0.05) is 50.5 Å². The van der Waals surface area contributed by atoms with E-state index in [9.17, 15) is 13.2 Å². The van der Waals surface area contributed by atoms with Crippen molar-refractivity contribution in [1.29, 1.82) is 0 Å². The van der Waals surface area contributed by atoms with E-state index in [1.54, 1.807) is 22.5 Å². The number of hydrogen-bond acceptors (Lipinski definition) is 4. The van der Waals surface area contributed by atoms with E-state index in [0.717, 1.165) is 50.0 Å². The van der Waals surface area contributed by atoms with Crippen LogP contribution in [0.15, 0.2) is 53.4 Å². The Morgan fingerprint density at radius 2 is 1.45 bits per heavy atom. The summed E-state index contributed by atoms with van der Waals surface area (Å²) in [4.78, 5) is 17.6. The first-order valence-corrected chi connectivity index (χ1v) is 12.6. The summed E-state index contributed by atoms with van der Waals surface area (Å²) in [7, 11) is -3.58. The second-order valence-electron chi connectivity index (χ2n) is 8.41. The molecule has 0 aliphatic carbocycles. The second-order valence-corrected chi connectivity index (χ2v) is 10.3. The minimum atomic E-state index is -3.58. The molecule has 2 aromatic rings. The Labute approximate surface area is 185 Å². The predicted molar refractivity (Wildman–Crippen MR) is 123 cm³/mol. The molecule has 4 rings (SSSR count). The lowest BCUT2D eigenvalue weighted by Crippen LogP contribution is -2.49. The summed E-state index contributed by atoms with van der Waals surface area (Å²) in [5.74, 6) is -0.0851. The van der Waals surface area contributed by atoms with Gasteiger partial charge < -0.3 is 9.80 Å². The average molecular weight is 442 g/mol. The molecule has 0 bridgehead atoms. The first-order valence-electron chi connectivity index (χ1n) is 11.2. The van der Waals surface area contributed by atoms with Crippen molar-refractivity contribution in [2.45, 2.75) is 37.5 Å². The van der Waals surface area contributed by atoms with E-state index in [-0.39, 0.29) is 10.8 Å². The molecule has 2 fully saturated rings. The molecule has 31 heavy (non-hydrogen) atoms. The zero-order valence-electron chi connectivity index (χ0n) is 18.2. The number of para-hydroxylation sites is 1. The Hall–Kier alpha value is -2.38. The van der Waals surface area contributed by atoms with Gasteiger partial charge in [0.2, 0.25) is 10.0 Å². The van der Waals surface area contributed by atoms with Gasteiger partial charge in [0.05, 0.1) is 4.90 Å². The van der Waals surface area contributed by atoms with Crippen LogP contribution in [-0.2, 0) is 10.0 Å². The van der Waals surface area contributed by atoms with Gasteiger partial charge in [-0.3, -0.25) is 4.79 Å². The van der Waals surface area contributed by atoms with Crippen molar-refractivity contribution in [3.8, 4) is 0 Å². The maximum absolute atomic E-state index is 13.3. The van der Waals surface area contributed by atoms with E-state index in [0.29, 0.717) is 31.7 Å². The van der Waals surface area contributed by atoms with Crippen molar-refractivity contribution in [1.82, 2.24) is 9.21 Å². The Bertz CT molecular complexity index is 1010. The van der Waals surface area contributed by atoms with Gasteiger partial charge in [-0.25, -0.2) is 8.42 Å². The van der Waals surface area contributed by atoms with E-state index in [2.05, 4.69) is 17.0 Å². The van der Waals surface area contributed by atoms with Gasteiger partial charge in [0.15, 0.2) is 0 Å². The molecule has 0 N–H and O–H groups in total. The van der Waals surface area contributed by atoms with Crippen LogP contribution in [0.25, 0.3) is 0 Å². The first kappa shape index (κ1) is 21.8. The Balaban J connectivity index is 1.50. The van der Waals surface area contributed by atoms with Gasteiger partial charge in [-0.15, -0.1) is 0 Å². The van der Waals surface area contributed by atoms with Crippen LogP contribution < -0.4 is 4.90 Å². The number of sulfonamides is 1. The third kappa shape index (κ3) is 4.77. The molecule has 1 amide bonds. The highest BCUT2D eigenvalue weighted by atomic mass is 32.2. The molecule has 6 nitrogen and oxygen atoms in total. The molecule has 2 heterocycles. The summed E-state index contributed by atoms with van der Waals surface area (Å²) < 4.78 is 28.0. The van der Waals surface area contributed by atoms with Crippen LogP contribution in [0.5, 0.6) is 0 Å². The Morgan fingerprint density at radius 3 is 2.10 bits per heavy atom. The molecule has 0 radical (unpaired) electrons. The van der Waals surface area contributed by atoms with Crippen molar-refractivity contribution in [2.75, 3.05) is 44.2 Å². The van der Waals surface area contributed by atoms with Crippen LogP contribution in [0.1, 0.15) is 41.6 Å². The molecule has 0 atom stereocenters. The maximum atomic E-state index is 13.3. The van der Waals surface area contributed by atoms with Crippen LogP contribution >= 0.6 is 0 Å². The lowest BCUT2D eigenvalue weighted by molar-refractivity contribution is 0.0746. The molecule has 7 heteroatoms. The van der Waals surface area contributed by atoms with E-state index in [4.69, 9.17) is 0 Å². The van der Waals surface area contributed by atoms with Crippen LogP contribution in [0.4, 0.5) is 5.69 Å². The minimum Gasteiger partial charge on any atom is -0.368 e. The lowest BCUT2D eigenvalue weighted by Gasteiger charge is -2.36. The van der Waals surface area contributed by atoms with Gasteiger partial charge in [-0.1, -0.05) is 37.1 Å². The standard InChI is InChI=1S/C24H31N3O3S/c1-20-11-12-22(31(29,30)27-13-7-2-3-8-14-27)19-23(20)24(28)26-17-15-25(16-18-26)21-9-5-4-6-10-21/h4-6,9-12,19H,2-3,7-8,13-18H2,1H3. The molecular formula is C24H31N3O3S. The van der Waals surface area contributed by atoms with Gasteiger partial charge >= 0.3 is 0 Å². The fraction of sp³-hybridized carbons (Fsp3) is 0.458. The van der Waals surface area contributed by atoms with Gasteiger partial charge in [-0.2, -0.15) is 4.31 Å². The van der Waals surface area contributed by atoms with E-state index >= 15 is 0 Å². The van der Waals surface area contributed by atoms with Crippen molar-refractivity contribution >= 4 is 21.6 Å². The minimum absolute atomic E-state index is 0.0851. The highest BCUT2D eigenvalue weighted by molar-refractivity contribution is 7.89. The predicted octanol–water partition coefficient (Wildman–Crippen LogP) is 3.52. The van der Waals surface area contributed by atoms with Crippen LogP contribution in [-0.4, -0.2) is 62.8 Å². The highest BCUT2D eigenvalue weighted by Gasteiger charge is 2.28. The number of nitrogens with zero attached hydrogens (tertiary/aromatic N) is 3. The monoisotopic (exact) mass is 441 g/mol. The van der Waals surface area contributed by atoms with Crippen molar-refractivity contribution < 1.29 is 13.2 Å². The molecule has 0 unspecified atom stereocenters. The average Bonchev–Trinajstić information content (AvgIpc) is 3.10. The quantitative estimate of drug-likeness (QED) is 0.728. The smallest absolute Gasteiger partial charge is 0.254 e. The largest absolute Gasteiger partial charge is 0.368 e. The Morgan fingerprint density at radius 1 is 0.806 bits per heavy atom. The normalized spacial score (nSPS) is 18.6. The molecule has 2 aromatic carbocycles. The second kappa shape index (κ2) is 9.40. The number of benzene rings is 2. The molecule has 2 saturated heterocycles. The molecule has 2 aliphatic heterocycles. The van der Waals surface area contributed by atoms with Gasteiger partial charge in [-0.05, 0) is 49.6 Å².